The van der Waals surface area contributed by atoms with E-state index in [9.17, 15) is 18.4 Å². The molecule has 0 saturated carbocycles. The van der Waals surface area contributed by atoms with Gasteiger partial charge in [-0.15, -0.1) is 0 Å². The highest BCUT2D eigenvalue weighted by atomic mass is 19.3. The van der Waals surface area contributed by atoms with Gasteiger partial charge in [-0.1, -0.05) is 12.1 Å². The number of amides is 2. The van der Waals surface area contributed by atoms with Crippen molar-refractivity contribution in [2.75, 3.05) is 11.9 Å². The van der Waals surface area contributed by atoms with Gasteiger partial charge in [0.2, 0.25) is 0 Å². The molecule has 2 aromatic rings. The van der Waals surface area contributed by atoms with Crippen LogP contribution in [0.5, 0.6) is 0 Å². The molecule has 138 valence electrons. The van der Waals surface area contributed by atoms with E-state index in [1.54, 1.807) is 29.2 Å². The van der Waals surface area contributed by atoms with Crippen molar-refractivity contribution in [3.05, 3.63) is 47.8 Å². The SMILES string of the molecule is CC1CCCCN1C(=O)c1ccccc1NC(=O)c1ccn(C(F)F)n1. The second kappa shape index (κ2) is 7.63. The second-order valence-electron chi connectivity index (χ2n) is 6.30. The van der Waals surface area contributed by atoms with Crippen LogP contribution in [0.4, 0.5) is 14.5 Å². The van der Waals surface area contributed by atoms with Gasteiger partial charge >= 0.3 is 6.55 Å². The molecule has 1 aliphatic rings. The molecule has 26 heavy (non-hydrogen) atoms. The van der Waals surface area contributed by atoms with E-state index in [1.807, 2.05) is 6.92 Å². The molecular weight excluding hydrogens is 342 g/mol. The number of alkyl halides is 2. The molecule has 1 saturated heterocycles. The minimum absolute atomic E-state index is 0.140. The van der Waals surface area contributed by atoms with Crippen LogP contribution < -0.4 is 5.32 Å². The summed E-state index contributed by atoms with van der Waals surface area (Å²) in [6.45, 7) is -0.123. The molecule has 6 nitrogen and oxygen atoms in total. The molecule has 0 aliphatic carbocycles. The lowest BCUT2D eigenvalue weighted by atomic mass is 10.0. The molecule has 1 atom stereocenters. The number of anilines is 1. The number of nitrogens with zero attached hydrogens (tertiary/aromatic N) is 3. The van der Waals surface area contributed by atoms with Gasteiger partial charge in [0, 0.05) is 18.8 Å². The lowest BCUT2D eigenvalue weighted by Gasteiger charge is -2.33. The Morgan fingerprint density at radius 3 is 2.69 bits per heavy atom. The van der Waals surface area contributed by atoms with Crippen molar-refractivity contribution in [2.45, 2.75) is 38.8 Å². The van der Waals surface area contributed by atoms with E-state index in [0.29, 0.717) is 22.5 Å². The molecule has 1 unspecified atom stereocenters. The molecule has 3 rings (SSSR count). The summed E-state index contributed by atoms with van der Waals surface area (Å²) in [7, 11) is 0. The van der Waals surface area contributed by atoms with Crippen LogP contribution >= 0.6 is 0 Å². The van der Waals surface area contributed by atoms with E-state index >= 15 is 0 Å². The number of piperidine rings is 1. The van der Waals surface area contributed by atoms with E-state index in [1.165, 1.54) is 6.07 Å². The molecule has 0 bridgehead atoms. The molecule has 0 radical (unpaired) electrons. The number of aromatic nitrogens is 2. The first-order chi connectivity index (χ1) is 12.5. The van der Waals surface area contributed by atoms with Crippen LogP contribution in [0.3, 0.4) is 0 Å². The number of hydrogen-bond acceptors (Lipinski definition) is 3. The summed E-state index contributed by atoms with van der Waals surface area (Å²) in [5.74, 6) is -0.789. The van der Waals surface area contributed by atoms with E-state index in [2.05, 4.69) is 10.4 Å². The predicted molar refractivity (Wildman–Crippen MR) is 92.2 cm³/mol. The maximum absolute atomic E-state index is 12.9. The third-order valence-electron chi connectivity index (χ3n) is 4.51. The Bertz CT molecular complexity index is 806. The van der Waals surface area contributed by atoms with Gasteiger partial charge in [0.1, 0.15) is 0 Å². The number of carbonyl (C=O) groups excluding carboxylic acids is 2. The zero-order valence-corrected chi connectivity index (χ0v) is 14.4. The fraction of sp³-hybridized carbons (Fsp3) is 0.389. The number of nitrogens with one attached hydrogen (secondary N) is 1. The Labute approximate surface area is 149 Å². The number of carbonyl (C=O) groups is 2. The van der Waals surface area contributed by atoms with Crippen LogP contribution in [0, 0.1) is 0 Å². The lowest BCUT2D eigenvalue weighted by Crippen LogP contribution is -2.42. The molecule has 8 heteroatoms. The van der Waals surface area contributed by atoms with Crippen molar-refractivity contribution >= 4 is 17.5 Å². The second-order valence-corrected chi connectivity index (χ2v) is 6.30. The topological polar surface area (TPSA) is 67.2 Å². The van der Waals surface area contributed by atoms with Crippen molar-refractivity contribution in [3.63, 3.8) is 0 Å². The fourth-order valence-corrected chi connectivity index (χ4v) is 3.09. The predicted octanol–water partition coefficient (Wildman–Crippen LogP) is 3.55. The lowest BCUT2D eigenvalue weighted by molar-refractivity contribution is 0.0561. The third-order valence-corrected chi connectivity index (χ3v) is 4.51. The van der Waals surface area contributed by atoms with E-state index < -0.39 is 12.5 Å². The summed E-state index contributed by atoms with van der Waals surface area (Å²) in [6, 6.07) is 8.04. The average molecular weight is 362 g/mol. The van der Waals surface area contributed by atoms with Gasteiger partial charge in [-0.2, -0.15) is 13.9 Å². The van der Waals surface area contributed by atoms with Gasteiger partial charge in [0.05, 0.1) is 11.3 Å². The van der Waals surface area contributed by atoms with Crippen LogP contribution in [-0.4, -0.2) is 39.1 Å². The number of rotatable bonds is 4. The molecule has 1 aromatic carbocycles. The molecule has 1 aromatic heterocycles. The number of benzene rings is 1. The Morgan fingerprint density at radius 2 is 2.00 bits per heavy atom. The summed E-state index contributed by atoms with van der Waals surface area (Å²) in [4.78, 5) is 27.0. The van der Waals surface area contributed by atoms with Crippen molar-refractivity contribution in [1.29, 1.82) is 0 Å². The van der Waals surface area contributed by atoms with Crippen molar-refractivity contribution in [2.24, 2.45) is 0 Å². The third kappa shape index (κ3) is 3.74. The molecule has 0 spiro atoms. The average Bonchev–Trinajstić information content (AvgIpc) is 3.13. The van der Waals surface area contributed by atoms with E-state index in [4.69, 9.17) is 0 Å². The van der Waals surface area contributed by atoms with Gasteiger partial charge < -0.3 is 10.2 Å². The Morgan fingerprint density at radius 1 is 1.23 bits per heavy atom. The minimum atomic E-state index is -2.81. The first kappa shape index (κ1) is 18.0. The highest BCUT2D eigenvalue weighted by Crippen LogP contribution is 2.23. The zero-order valence-electron chi connectivity index (χ0n) is 14.4. The Balaban J connectivity index is 1.80. The molecule has 2 heterocycles. The van der Waals surface area contributed by atoms with Gasteiger partial charge in [-0.05, 0) is 44.4 Å². The highest BCUT2D eigenvalue weighted by molar-refractivity contribution is 6.08. The maximum Gasteiger partial charge on any atom is 0.333 e. The number of likely N-dealkylation sites (tertiary alicyclic amines) is 1. The first-order valence-corrected chi connectivity index (χ1v) is 8.52. The molecule has 1 N–H and O–H groups in total. The summed E-state index contributed by atoms with van der Waals surface area (Å²) in [6.07, 6.45) is 4.03. The monoisotopic (exact) mass is 362 g/mol. The van der Waals surface area contributed by atoms with Gasteiger partial charge in [0.15, 0.2) is 5.69 Å². The smallest absolute Gasteiger partial charge is 0.333 e. The number of hydrogen-bond donors (Lipinski definition) is 1. The summed E-state index contributed by atoms with van der Waals surface area (Å²) in [5, 5.41) is 6.15. The standard InChI is InChI=1S/C18H20F2N4O2/c1-12-6-4-5-10-23(12)17(26)13-7-2-3-8-14(13)21-16(25)15-9-11-24(22-15)18(19)20/h2-3,7-9,11-12,18H,4-6,10H2,1H3,(H,21,25). The van der Waals surface area contributed by atoms with E-state index in [-0.39, 0.29) is 17.6 Å². The highest BCUT2D eigenvalue weighted by Gasteiger charge is 2.26. The molecular formula is C18H20F2N4O2. The van der Waals surface area contributed by atoms with Crippen molar-refractivity contribution in [1.82, 2.24) is 14.7 Å². The van der Waals surface area contributed by atoms with E-state index in [0.717, 1.165) is 25.5 Å². The van der Waals surface area contributed by atoms with Crippen LogP contribution in [0.25, 0.3) is 0 Å². The van der Waals surface area contributed by atoms with Crippen LogP contribution in [0.1, 0.15) is 53.6 Å². The zero-order chi connectivity index (χ0) is 18.7. The summed E-state index contributed by atoms with van der Waals surface area (Å²) < 4.78 is 25.6. The number of para-hydroxylation sites is 1. The largest absolute Gasteiger partial charge is 0.336 e. The fourth-order valence-electron chi connectivity index (χ4n) is 3.09. The van der Waals surface area contributed by atoms with Crippen LogP contribution in [0.2, 0.25) is 0 Å². The van der Waals surface area contributed by atoms with Crippen molar-refractivity contribution in [3.8, 4) is 0 Å². The molecule has 2 amide bonds. The van der Waals surface area contributed by atoms with Gasteiger partial charge in [0.25, 0.3) is 11.8 Å². The van der Waals surface area contributed by atoms with Crippen molar-refractivity contribution < 1.29 is 18.4 Å². The maximum atomic E-state index is 12.9. The van der Waals surface area contributed by atoms with Gasteiger partial charge in [-0.3, -0.25) is 9.59 Å². The normalized spacial score (nSPS) is 17.4. The minimum Gasteiger partial charge on any atom is -0.336 e. The molecule has 1 aliphatic heterocycles. The summed E-state index contributed by atoms with van der Waals surface area (Å²) >= 11 is 0. The molecule has 1 fully saturated rings. The van der Waals surface area contributed by atoms with Crippen LogP contribution in [-0.2, 0) is 0 Å². The Hall–Kier alpha value is -2.77. The number of halogens is 2. The Kier molecular flexibility index (Phi) is 5.29. The van der Waals surface area contributed by atoms with Crippen LogP contribution in [0.15, 0.2) is 36.5 Å². The summed E-state index contributed by atoms with van der Waals surface area (Å²) in [5.41, 5.74) is 0.577. The first-order valence-electron chi connectivity index (χ1n) is 8.52. The van der Waals surface area contributed by atoms with Gasteiger partial charge in [-0.25, -0.2) is 4.68 Å². The quantitative estimate of drug-likeness (QED) is 0.905.